The zero-order valence-electron chi connectivity index (χ0n) is 13.5. The average molecular weight is 330 g/mol. The monoisotopic (exact) mass is 330 g/mol. The molecule has 4 heteroatoms. The summed E-state index contributed by atoms with van der Waals surface area (Å²) in [5, 5.41) is 2.00. The van der Waals surface area contributed by atoms with Crippen molar-refractivity contribution in [1.29, 1.82) is 0 Å². The van der Waals surface area contributed by atoms with E-state index in [2.05, 4.69) is 0 Å². The van der Waals surface area contributed by atoms with Gasteiger partial charge in [-0.3, -0.25) is 4.79 Å². The van der Waals surface area contributed by atoms with Gasteiger partial charge in [-0.25, -0.2) is 0 Å². The van der Waals surface area contributed by atoms with Crippen LogP contribution in [0.5, 0.6) is 11.5 Å². The number of ketones is 1. The molecule has 3 aromatic rings. The van der Waals surface area contributed by atoms with Crippen molar-refractivity contribution in [3.8, 4) is 22.6 Å². The summed E-state index contributed by atoms with van der Waals surface area (Å²) in [6.07, 6.45) is 1.81. The minimum atomic E-state index is -0.0802. The molecule has 0 radical (unpaired) electrons. The summed E-state index contributed by atoms with van der Waals surface area (Å²) < 4.78 is 16.1. The highest BCUT2D eigenvalue weighted by Crippen LogP contribution is 2.40. The van der Waals surface area contributed by atoms with Crippen LogP contribution >= 0.6 is 0 Å². The SMILES string of the molecule is COC1=Cc2cccc3c(-c4ccc5c(c4)OCO5)ccc(c23)C1=O. The molecule has 1 heterocycles. The molecule has 0 atom stereocenters. The molecule has 2 aliphatic rings. The molecule has 122 valence electrons. The molecule has 0 unspecified atom stereocenters. The number of allylic oxidation sites excluding steroid dienone is 1. The smallest absolute Gasteiger partial charge is 0.231 e. The Morgan fingerprint density at radius 2 is 1.80 bits per heavy atom. The molecule has 0 amide bonds. The largest absolute Gasteiger partial charge is 0.493 e. The highest BCUT2D eigenvalue weighted by atomic mass is 16.7. The van der Waals surface area contributed by atoms with Gasteiger partial charge in [-0.1, -0.05) is 30.3 Å². The Kier molecular flexibility index (Phi) is 2.88. The molecule has 0 saturated carbocycles. The lowest BCUT2D eigenvalue weighted by Crippen LogP contribution is -2.10. The highest BCUT2D eigenvalue weighted by molar-refractivity contribution is 6.23. The Labute approximate surface area is 144 Å². The van der Waals surface area contributed by atoms with Crippen molar-refractivity contribution in [2.24, 2.45) is 0 Å². The van der Waals surface area contributed by atoms with Crippen molar-refractivity contribution in [3.05, 3.63) is 65.4 Å². The molecule has 0 N–H and O–H groups in total. The van der Waals surface area contributed by atoms with Crippen molar-refractivity contribution in [2.75, 3.05) is 13.9 Å². The van der Waals surface area contributed by atoms with Crippen molar-refractivity contribution < 1.29 is 19.0 Å². The maximum atomic E-state index is 12.6. The number of hydrogen-bond donors (Lipinski definition) is 0. The zero-order chi connectivity index (χ0) is 17.0. The first kappa shape index (κ1) is 14.1. The maximum absolute atomic E-state index is 12.6. The lowest BCUT2D eigenvalue weighted by molar-refractivity contribution is 0.0957. The van der Waals surface area contributed by atoms with Crippen LogP contribution in [0.2, 0.25) is 0 Å². The first-order valence-corrected chi connectivity index (χ1v) is 8.02. The van der Waals surface area contributed by atoms with E-state index in [1.807, 2.05) is 48.5 Å². The van der Waals surface area contributed by atoms with Crippen molar-refractivity contribution >= 4 is 22.6 Å². The van der Waals surface area contributed by atoms with Crippen LogP contribution < -0.4 is 9.47 Å². The van der Waals surface area contributed by atoms with Gasteiger partial charge in [0.15, 0.2) is 17.3 Å². The fourth-order valence-electron chi connectivity index (χ4n) is 3.55. The lowest BCUT2D eigenvalue weighted by atomic mass is 9.87. The van der Waals surface area contributed by atoms with Gasteiger partial charge in [-0.2, -0.15) is 0 Å². The van der Waals surface area contributed by atoms with Crippen molar-refractivity contribution in [3.63, 3.8) is 0 Å². The number of fused-ring (bicyclic) bond motifs is 1. The van der Waals surface area contributed by atoms with E-state index in [0.717, 1.165) is 39.0 Å². The Morgan fingerprint density at radius 1 is 0.960 bits per heavy atom. The van der Waals surface area contributed by atoms with E-state index < -0.39 is 0 Å². The lowest BCUT2D eigenvalue weighted by Gasteiger charge is -2.18. The van der Waals surface area contributed by atoms with Crippen molar-refractivity contribution in [2.45, 2.75) is 0 Å². The van der Waals surface area contributed by atoms with Gasteiger partial charge in [0, 0.05) is 10.9 Å². The number of carbonyl (C=O) groups excluding carboxylic acids is 1. The Hall–Kier alpha value is -3.27. The summed E-state index contributed by atoms with van der Waals surface area (Å²) in [6, 6.07) is 15.8. The van der Waals surface area contributed by atoms with Crippen LogP contribution in [-0.4, -0.2) is 19.7 Å². The van der Waals surface area contributed by atoms with Crippen LogP contribution in [0.1, 0.15) is 15.9 Å². The van der Waals surface area contributed by atoms with Crippen LogP contribution in [-0.2, 0) is 4.74 Å². The fourth-order valence-corrected chi connectivity index (χ4v) is 3.55. The summed E-state index contributed by atoms with van der Waals surface area (Å²) in [4.78, 5) is 12.6. The minimum Gasteiger partial charge on any atom is -0.493 e. The summed E-state index contributed by atoms with van der Waals surface area (Å²) in [5.74, 6) is 1.80. The first-order valence-electron chi connectivity index (χ1n) is 8.02. The van der Waals surface area contributed by atoms with E-state index in [0.29, 0.717) is 11.3 Å². The van der Waals surface area contributed by atoms with Gasteiger partial charge in [0.1, 0.15) is 0 Å². The molecule has 0 spiro atoms. The molecule has 4 nitrogen and oxygen atoms in total. The number of hydrogen-bond acceptors (Lipinski definition) is 4. The van der Waals surface area contributed by atoms with Gasteiger partial charge < -0.3 is 14.2 Å². The molecule has 1 aliphatic heterocycles. The second-order valence-electron chi connectivity index (χ2n) is 6.04. The van der Waals surface area contributed by atoms with E-state index in [-0.39, 0.29) is 12.6 Å². The quantitative estimate of drug-likeness (QED) is 0.698. The van der Waals surface area contributed by atoms with E-state index in [4.69, 9.17) is 14.2 Å². The molecule has 0 fully saturated rings. The number of rotatable bonds is 2. The first-order chi connectivity index (χ1) is 12.3. The summed E-state index contributed by atoms with van der Waals surface area (Å²) in [7, 11) is 1.52. The Balaban J connectivity index is 1.78. The second kappa shape index (κ2) is 5.11. The van der Waals surface area contributed by atoms with E-state index in [1.54, 1.807) is 6.08 Å². The molecule has 0 bridgehead atoms. The van der Waals surface area contributed by atoms with E-state index in [9.17, 15) is 4.79 Å². The fraction of sp³-hybridized carbons (Fsp3) is 0.0952. The van der Waals surface area contributed by atoms with Crippen LogP contribution in [0, 0.1) is 0 Å². The second-order valence-corrected chi connectivity index (χ2v) is 6.04. The topological polar surface area (TPSA) is 44.8 Å². The van der Waals surface area contributed by atoms with Crippen LogP contribution in [0.4, 0.5) is 0 Å². The summed E-state index contributed by atoms with van der Waals surface area (Å²) >= 11 is 0. The van der Waals surface area contributed by atoms with Crippen molar-refractivity contribution in [1.82, 2.24) is 0 Å². The standard InChI is InChI=1S/C21H14O4/c1-23-19-10-13-3-2-4-15-14(6-7-16(20(13)15)21(19)22)12-5-8-17-18(9-12)25-11-24-17/h2-10H,11H2,1H3. The molecular weight excluding hydrogens is 316 g/mol. The summed E-state index contributed by atoms with van der Waals surface area (Å²) in [6.45, 7) is 0.252. The predicted octanol–water partition coefficient (Wildman–Crippen LogP) is 4.42. The van der Waals surface area contributed by atoms with Gasteiger partial charge in [-0.05, 0) is 46.4 Å². The molecule has 5 rings (SSSR count). The van der Waals surface area contributed by atoms with Gasteiger partial charge in [0.25, 0.3) is 0 Å². The molecule has 1 aliphatic carbocycles. The minimum absolute atomic E-state index is 0.0802. The molecule has 25 heavy (non-hydrogen) atoms. The van der Waals surface area contributed by atoms with Gasteiger partial charge >= 0.3 is 0 Å². The van der Waals surface area contributed by atoms with Gasteiger partial charge in [-0.15, -0.1) is 0 Å². The van der Waals surface area contributed by atoms with Crippen LogP contribution in [0.15, 0.2) is 54.3 Å². The maximum Gasteiger partial charge on any atom is 0.231 e. The van der Waals surface area contributed by atoms with Crippen LogP contribution in [0.3, 0.4) is 0 Å². The molecular formula is C21H14O4. The predicted molar refractivity (Wildman–Crippen MR) is 94.8 cm³/mol. The number of ether oxygens (including phenoxy) is 3. The third kappa shape index (κ3) is 1.97. The highest BCUT2D eigenvalue weighted by Gasteiger charge is 2.24. The Morgan fingerprint density at radius 3 is 2.68 bits per heavy atom. The number of carbonyl (C=O) groups is 1. The third-order valence-corrected chi connectivity index (χ3v) is 4.73. The van der Waals surface area contributed by atoms with Gasteiger partial charge in [0.2, 0.25) is 12.6 Å². The number of methoxy groups -OCH3 is 1. The zero-order valence-corrected chi connectivity index (χ0v) is 13.5. The molecule has 0 saturated heterocycles. The normalized spacial score (nSPS) is 14.6. The van der Waals surface area contributed by atoms with E-state index >= 15 is 0 Å². The number of benzene rings is 3. The molecule has 3 aromatic carbocycles. The van der Waals surface area contributed by atoms with Gasteiger partial charge in [0.05, 0.1) is 7.11 Å². The number of Topliss-reactive ketones (excluding diaryl/α,β-unsaturated/α-hetero) is 1. The van der Waals surface area contributed by atoms with E-state index in [1.165, 1.54) is 7.11 Å². The third-order valence-electron chi connectivity index (χ3n) is 4.73. The molecule has 0 aromatic heterocycles. The summed E-state index contributed by atoms with van der Waals surface area (Å²) in [5.41, 5.74) is 3.75. The van der Waals surface area contributed by atoms with Crippen LogP contribution in [0.25, 0.3) is 28.0 Å². The average Bonchev–Trinajstić information content (AvgIpc) is 3.12. The Bertz CT molecular complexity index is 1080.